The van der Waals surface area contributed by atoms with Gasteiger partial charge < -0.3 is 5.73 Å². The number of aromatic amines is 1. The Hall–Kier alpha value is -0.900. The summed E-state index contributed by atoms with van der Waals surface area (Å²) in [7, 11) is 0. The molecule has 1 aromatic rings. The van der Waals surface area contributed by atoms with E-state index < -0.39 is 0 Å². The summed E-state index contributed by atoms with van der Waals surface area (Å²) in [5, 5.41) is 7.26. The van der Waals surface area contributed by atoms with Crippen molar-refractivity contribution in [2.75, 3.05) is 0 Å². The third-order valence-corrected chi connectivity index (χ3v) is 3.37. The monoisotopic (exact) mass is 192 g/mol. The number of hydrogen-bond acceptors (Lipinski definition) is 3. The second kappa shape index (κ2) is 2.57. The van der Waals surface area contributed by atoms with Crippen LogP contribution in [0.1, 0.15) is 50.2 Å². The number of rotatable bonds is 3. The Balaban J connectivity index is 1.87. The number of H-pyrrole nitrogens is 1. The van der Waals surface area contributed by atoms with E-state index in [-0.39, 0.29) is 5.54 Å². The maximum atomic E-state index is 6.23. The fourth-order valence-corrected chi connectivity index (χ4v) is 1.92. The van der Waals surface area contributed by atoms with E-state index in [4.69, 9.17) is 5.73 Å². The molecule has 0 aromatic carbocycles. The second-order valence-electron chi connectivity index (χ2n) is 4.88. The Morgan fingerprint density at radius 1 is 1.36 bits per heavy atom. The minimum atomic E-state index is -0.316. The fraction of sp³-hybridized carbons (Fsp3) is 0.800. The SMILES string of the molecule is CC(N)(c1n[nH]c(C2CC2)n1)C1CC1. The highest BCUT2D eigenvalue weighted by Gasteiger charge is 2.43. The predicted molar refractivity (Wildman–Crippen MR) is 52.6 cm³/mol. The molecule has 0 amide bonds. The number of nitrogens with two attached hydrogens (primary N) is 1. The maximum absolute atomic E-state index is 6.23. The molecule has 0 spiro atoms. The van der Waals surface area contributed by atoms with E-state index >= 15 is 0 Å². The molecule has 0 aliphatic heterocycles. The minimum absolute atomic E-state index is 0.316. The fourth-order valence-electron chi connectivity index (χ4n) is 1.92. The number of aromatic nitrogens is 3. The lowest BCUT2D eigenvalue weighted by Gasteiger charge is -2.19. The Labute approximate surface area is 83.3 Å². The first-order chi connectivity index (χ1) is 6.68. The van der Waals surface area contributed by atoms with Crippen molar-refractivity contribution in [3.05, 3.63) is 11.6 Å². The topological polar surface area (TPSA) is 67.6 Å². The Morgan fingerprint density at radius 2 is 2.07 bits per heavy atom. The van der Waals surface area contributed by atoms with Crippen LogP contribution < -0.4 is 5.73 Å². The van der Waals surface area contributed by atoms with Gasteiger partial charge in [0.15, 0.2) is 5.82 Å². The van der Waals surface area contributed by atoms with E-state index in [2.05, 4.69) is 15.2 Å². The van der Waals surface area contributed by atoms with Gasteiger partial charge in [-0.15, -0.1) is 0 Å². The summed E-state index contributed by atoms with van der Waals surface area (Å²) in [6, 6.07) is 0. The molecule has 2 aliphatic rings. The molecule has 1 aromatic heterocycles. The highest BCUT2D eigenvalue weighted by atomic mass is 15.2. The average molecular weight is 192 g/mol. The zero-order valence-electron chi connectivity index (χ0n) is 8.45. The molecule has 0 radical (unpaired) electrons. The lowest BCUT2D eigenvalue weighted by molar-refractivity contribution is 0.401. The average Bonchev–Trinajstić information content (AvgIpc) is 3.02. The van der Waals surface area contributed by atoms with Crippen LogP contribution in [0.2, 0.25) is 0 Å². The van der Waals surface area contributed by atoms with Crippen molar-refractivity contribution in [2.45, 2.75) is 44.1 Å². The van der Waals surface area contributed by atoms with Gasteiger partial charge in [0.25, 0.3) is 0 Å². The van der Waals surface area contributed by atoms with Gasteiger partial charge in [0.2, 0.25) is 0 Å². The van der Waals surface area contributed by atoms with E-state index in [1.54, 1.807) is 0 Å². The third-order valence-electron chi connectivity index (χ3n) is 3.37. The van der Waals surface area contributed by atoms with Crippen molar-refractivity contribution in [1.29, 1.82) is 0 Å². The molecule has 1 heterocycles. The molecular formula is C10H16N4. The summed E-state index contributed by atoms with van der Waals surface area (Å²) in [6.07, 6.45) is 4.94. The van der Waals surface area contributed by atoms with Gasteiger partial charge in [-0.25, -0.2) is 4.98 Å². The largest absolute Gasteiger partial charge is 0.319 e. The molecule has 2 saturated carbocycles. The number of hydrogen-bond donors (Lipinski definition) is 2. The van der Waals surface area contributed by atoms with E-state index in [9.17, 15) is 0 Å². The Kier molecular flexibility index (Phi) is 1.54. The highest BCUT2D eigenvalue weighted by molar-refractivity contribution is 5.13. The quantitative estimate of drug-likeness (QED) is 0.757. The molecular weight excluding hydrogens is 176 g/mol. The van der Waals surface area contributed by atoms with Gasteiger partial charge in [-0.3, -0.25) is 5.10 Å². The van der Waals surface area contributed by atoms with Crippen molar-refractivity contribution in [1.82, 2.24) is 15.2 Å². The first-order valence-corrected chi connectivity index (χ1v) is 5.39. The van der Waals surface area contributed by atoms with Crippen LogP contribution in [0.4, 0.5) is 0 Å². The molecule has 4 nitrogen and oxygen atoms in total. The number of nitrogens with one attached hydrogen (secondary N) is 1. The van der Waals surface area contributed by atoms with Gasteiger partial charge in [0.1, 0.15) is 5.82 Å². The molecule has 0 bridgehead atoms. The van der Waals surface area contributed by atoms with Crippen LogP contribution in [-0.2, 0) is 5.54 Å². The molecule has 1 unspecified atom stereocenters. The Morgan fingerprint density at radius 3 is 2.64 bits per heavy atom. The zero-order valence-corrected chi connectivity index (χ0v) is 8.45. The van der Waals surface area contributed by atoms with Crippen LogP contribution in [0.3, 0.4) is 0 Å². The van der Waals surface area contributed by atoms with Gasteiger partial charge in [0.05, 0.1) is 5.54 Å². The summed E-state index contributed by atoms with van der Waals surface area (Å²) < 4.78 is 0. The molecule has 1 atom stereocenters. The van der Waals surface area contributed by atoms with E-state index in [1.165, 1.54) is 25.7 Å². The van der Waals surface area contributed by atoms with Gasteiger partial charge in [-0.05, 0) is 38.5 Å². The smallest absolute Gasteiger partial charge is 0.170 e. The van der Waals surface area contributed by atoms with Crippen molar-refractivity contribution in [2.24, 2.45) is 11.7 Å². The standard InChI is InChI=1S/C10H16N4/c1-10(11,7-4-5-7)9-12-8(13-14-9)6-2-3-6/h6-7H,2-5,11H2,1H3,(H,12,13,14). The molecule has 3 N–H and O–H groups in total. The molecule has 2 aliphatic carbocycles. The summed E-state index contributed by atoms with van der Waals surface area (Å²) in [5.41, 5.74) is 5.92. The summed E-state index contributed by atoms with van der Waals surface area (Å²) >= 11 is 0. The first kappa shape index (κ1) is 8.41. The lowest BCUT2D eigenvalue weighted by atomic mass is 9.97. The van der Waals surface area contributed by atoms with Crippen LogP contribution in [0.5, 0.6) is 0 Å². The highest BCUT2D eigenvalue weighted by Crippen LogP contribution is 2.44. The first-order valence-electron chi connectivity index (χ1n) is 5.39. The lowest BCUT2D eigenvalue weighted by Crippen LogP contribution is -2.36. The van der Waals surface area contributed by atoms with Crippen LogP contribution >= 0.6 is 0 Å². The minimum Gasteiger partial charge on any atom is -0.319 e. The van der Waals surface area contributed by atoms with Gasteiger partial charge in [-0.1, -0.05) is 0 Å². The molecule has 3 rings (SSSR count). The van der Waals surface area contributed by atoms with Crippen LogP contribution in [0.25, 0.3) is 0 Å². The van der Waals surface area contributed by atoms with Gasteiger partial charge in [-0.2, -0.15) is 5.10 Å². The van der Waals surface area contributed by atoms with E-state index in [1.807, 2.05) is 6.92 Å². The zero-order chi connectivity index (χ0) is 9.76. The van der Waals surface area contributed by atoms with E-state index in [0.29, 0.717) is 11.8 Å². The van der Waals surface area contributed by atoms with Crippen molar-refractivity contribution >= 4 is 0 Å². The van der Waals surface area contributed by atoms with Crippen LogP contribution in [0, 0.1) is 5.92 Å². The molecule has 14 heavy (non-hydrogen) atoms. The number of nitrogens with zero attached hydrogens (tertiary/aromatic N) is 2. The van der Waals surface area contributed by atoms with Crippen LogP contribution in [-0.4, -0.2) is 15.2 Å². The normalized spacial score (nSPS) is 26.1. The summed E-state index contributed by atoms with van der Waals surface area (Å²) in [6.45, 7) is 2.05. The molecule has 0 saturated heterocycles. The van der Waals surface area contributed by atoms with Gasteiger partial charge in [0, 0.05) is 5.92 Å². The molecule has 2 fully saturated rings. The van der Waals surface area contributed by atoms with Crippen molar-refractivity contribution < 1.29 is 0 Å². The maximum Gasteiger partial charge on any atom is 0.170 e. The summed E-state index contributed by atoms with van der Waals surface area (Å²) in [5.74, 6) is 3.07. The summed E-state index contributed by atoms with van der Waals surface area (Å²) in [4.78, 5) is 4.51. The van der Waals surface area contributed by atoms with Crippen molar-refractivity contribution in [3.8, 4) is 0 Å². The molecule has 76 valence electrons. The van der Waals surface area contributed by atoms with Crippen LogP contribution in [0.15, 0.2) is 0 Å². The third kappa shape index (κ3) is 1.25. The van der Waals surface area contributed by atoms with Gasteiger partial charge >= 0.3 is 0 Å². The second-order valence-corrected chi connectivity index (χ2v) is 4.88. The predicted octanol–water partition coefficient (Wildman–Crippen LogP) is 1.27. The van der Waals surface area contributed by atoms with E-state index in [0.717, 1.165) is 11.6 Å². The molecule has 4 heteroatoms. The Bertz CT molecular complexity index is 347. The van der Waals surface area contributed by atoms with Crippen molar-refractivity contribution in [3.63, 3.8) is 0 Å².